The Morgan fingerprint density at radius 3 is 2.89 bits per heavy atom. The van der Waals surface area contributed by atoms with Crippen LogP contribution in [0.15, 0.2) is 24.3 Å². The molecule has 102 valence electrons. The van der Waals surface area contributed by atoms with Gasteiger partial charge in [0.05, 0.1) is 6.61 Å². The van der Waals surface area contributed by atoms with E-state index in [1.54, 1.807) is 7.11 Å². The summed E-state index contributed by atoms with van der Waals surface area (Å²) in [4.78, 5) is 0. The Balaban J connectivity index is 2.33. The summed E-state index contributed by atoms with van der Waals surface area (Å²) in [6.07, 6.45) is 1.04. The van der Waals surface area contributed by atoms with Crippen LogP contribution < -0.4 is 10.1 Å². The molecule has 0 aliphatic heterocycles. The molecule has 0 aliphatic carbocycles. The molecule has 0 heterocycles. The van der Waals surface area contributed by atoms with Crippen molar-refractivity contribution >= 4 is 0 Å². The van der Waals surface area contributed by atoms with Crippen LogP contribution in [-0.4, -0.2) is 26.9 Å². The maximum absolute atomic E-state index is 5.61. The predicted molar refractivity (Wildman–Crippen MR) is 75.0 cm³/mol. The minimum Gasteiger partial charge on any atom is -0.494 e. The zero-order valence-electron chi connectivity index (χ0n) is 11.7. The molecule has 0 saturated heterocycles. The summed E-state index contributed by atoms with van der Waals surface area (Å²) >= 11 is 0. The van der Waals surface area contributed by atoms with Gasteiger partial charge < -0.3 is 14.8 Å². The van der Waals surface area contributed by atoms with E-state index in [4.69, 9.17) is 9.47 Å². The number of hydrogen-bond acceptors (Lipinski definition) is 3. The fraction of sp³-hybridized carbons (Fsp3) is 0.600. The molecule has 0 spiro atoms. The molecule has 0 saturated carbocycles. The van der Waals surface area contributed by atoms with Crippen LogP contribution >= 0.6 is 0 Å². The fourth-order valence-electron chi connectivity index (χ4n) is 1.77. The summed E-state index contributed by atoms with van der Waals surface area (Å²) in [6.45, 7) is 7.71. The molecule has 0 aromatic heterocycles. The van der Waals surface area contributed by atoms with E-state index < -0.39 is 0 Å². The van der Waals surface area contributed by atoms with Crippen LogP contribution in [-0.2, 0) is 11.3 Å². The quantitative estimate of drug-likeness (QED) is 0.732. The molecule has 0 aliphatic rings. The Hall–Kier alpha value is -1.06. The van der Waals surface area contributed by atoms with Crippen molar-refractivity contribution in [1.29, 1.82) is 0 Å². The molecule has 0 radical (unpaired) electrons. The molecular formula is C15H25NO2. The number of methoxy groups -OCH3 is 1. The largest absolute Gasteiger partial charge is 0.494 e. The van der Waals surface area contributed by atoms with Crippen molar-refractivity contribution in [2.24, 2.45) is 5.92 Å². The summed E-state index contributed by atoms with van der Waals surface area (Å²) in [7, 11) is 1.74. The third-order valence-corrected chi connectivity index (χ3v) is 2.64. The van der Waals surface area contributed by atoms with Gasteiger partial charge in [0.15, 0.2) is 0 Å². The zero-order chi connectivity index (χ0) is 13.2. The van der Waals surface area contributed by atoms with Crippen molar-refractivity contribution in [2.45, 2.75) is 26.8 Å². The minimum atomic E-state index is 0.537. The normalized spacial score (nSPS) is 12.4. The highest BCUT2D eigenvalue weighted by Gasteiger charge is 2.01. The highest BCUT2D eigenvalue weighted by Crippen LogP contribution is 2.13. The summed E-state index contributed by atoms with van der Waals surface area (Å²) in [5.41, 5.74) is 1.26. The van der Waals surface area contributed by atoms with Gasteiger partial charge in [-0.2, -0.15) is 0 Å². The van der Waals surface area contributed by atoms with Gasteiger partial charge in [-0.15, -0.1) is 0 Å². The van der Waals surface area contributed by atoms with Crippen molar-refractivity contribution in [1.82, 2.24) is 5.32 Å². The van der Waals surface area contributed by atoms with E-state index >= 15 is 0 Å². The Morgan fingerprint density at radius 1 is 1.33 bits per heavy atom. The first-order valence-corrected chi connectivity index (χ1v) is 6.67. The smallest absolute Gasteiger partial charge is 0.119 e. The molecule has 0 bridgehead atoms. The second kappa shape index (κ2) is 8.95. The van der Waals surface area contributed by atoms with Crippen LogP contribution in [0.3, 0.4) is 0 Å². The molecule has 18 heavy (non-hydrogen) atoms. The predicted octanol–water partition coefficient (Wildman–Crippen LogP) is 2.85. The molecule has 1 N–H and O–H groups in total. The van der Waals surface area contributed by atoms with Crippen molar-refractivity contribution in [3.63, 3.8) is 0 Å². The number of nitrogens with one attached hydrogen (secondary N) is 1. The van der Waals surface area contributed by atoms with Crippen LogP contribution in [0.2, 0.25) is 0 Å². The number of ether oxygens (including phenoxy) is 2. The summed E-state index contributed by atoms with van der Waals surface area (Å²) < 4.78 is 10.7. The molecular weight excluding hydrogens is 226 g/mol. The van der Waals surface area contributed by atoms with Gasteiger partial charge in [-0.1, -0.05) is 26.0 Å². The lowest BCUT2D eigenvalue weighted by molar-refractivity contribution is 0.158. The monoisotopic (exact) mass is 251 g/mol. The van der Waals surface area contributed by atoms with Gasteiger partial charge in [-0.3, -0.25) is 0 Å². The topological polar surface area (TPSA) is 30.5 Å². The van der Waals surface area contributed by atoms with E-state index in [-0.39, 0.29) is 0 Å². The van der Waals surface area contributed by atoms with Crippen LogP contribution in [0.4, 0.5) is 0 Å². The number of rotatable bonds is 9. The van der Waals surface area contributed by atoms with Gasteiger partial charge in [-0.25, -0.2) is 0 Å². The molecule has 1 aromatic carbocycles. The average Bonchev–Trinajstić information content (AvgIpc) is 2.37. The van der Waals surface area contributed by atoms with Crippen LogP contribution in [0, 0.1) is 5.92 Å². The van der Waals surface area contributed by atoms with Crippen molar-refractivity contribution in [3.8, 4) is 5.75 Å². The lowest BCUT2D eigenvalue weighted by atomic mass is 10.2. The molecule has 0 amide bonds. The van der Waals surface area contributed by atoms with Crippen LogP contribution in [0.25, 0.3) is 0 Å². The Morgan fingerprint density at radius 2 is 2.17 bits per heavy atom. The van der Waals surface area contributed by atoms with E-state index in [9.17, 15) is 0 Å². The van der Waals surface area contributed by atoms with Gasteiger partial charge in [0, 0.05) is 26.8 Å². The van der Waals surface area contributed by atoms with E-state index in [0.29, 0.717) is 5.92 Å². The minimum absolute atomic E-state index is 0.537. The Kier molecular flexibility index (Phi) is 7.46. The number of benzene rings is 1. The van der Waals surface area contributed by atoms with Gasteiger partial charge in [0.25, 0.3) is 0 Å². The zero-order valence-corrected chi connectivity index (χ0v) is 11.7. The molecule has 3 nitrogen and oxygen atoms in total. The van der Waals surface area contributed by atoms with Crippen molar-refractivity contribution in [2.75, 3.05) is 26.9 Å². The summed E-state index contributed by atoms with van der Waals surface area (Å²) in [5.74, 6) is 1.50. The molecule has 3 heteroatoms. The maximum atomic E-state index is 5.61. The maximum Gasteiger partial charge on any atom is 0.119 e. The fourth-order valence-corrected chi connectivity index (χ4v) is 1.77. The molecule has 1 rings (SSSR count). The lowest BCUT2D eigenvalue weighted by Gasteiger charge is -2.12. The van der Waals surface area contributed by atoms with E-state index in [0.717, 1.165) is 38.5 Å². The average molecular weight is 251 g/mol. The summed E-state index contributed by atoms with van der Waals surface area (Å²) in [6, 6.07) is 8.27. The van der Waals surface area contributed by atoms with Gasteiger partial charge in [0.1, 0.15) is 5.75 Å². The van der Waals surface area contributed by atoms with Gasteiger partial charge >= 0.3 is 0 Å². The first-order chi connectivity index (χ1) is 8.76. The van der Waals surface area contributed by atoms with Gasteiger partial charge in [0.2, 0.25) is 0 Å². The molecule has 1 unspecified atom stereocenters. The van der Waals surface area contributed by atoms with Crippen LogP contribution in [0.5, 0.6) is 5.75 Å². The van der Waals surface area contributed by atoms with E-state index in [1.165, 1.54) is 5.56 Å². The molecule has 1 atom stereocenters. The lowest BCUT2D eigenvalue weighted by Crippen LogP contribution is -2.23. The Bertz CT molecular complexity index is 328. The van der Waals surface area contributed by atoms with Crippen LogP contribution in [0.1, 0.15) is 25.8 Å². The third kappa shape index (κ3) is 6.03. The second-order valence-electron chi connectivity index (χ2n) is 4.69. The molecule has 1 aromatic rings. The Labute approximate surface area is 110 Å². The standard InChI is InChI=1S/C15H25NO2/c1-4-8-18-15-7-5-6-14(9-15)11-16-10-13(2)12-17-3/h5-7,9,13,16H,4,8,10-12H2,1-3H3. The molecule has 0 fully saturated rings. The van der Waals surface area contributed by atoms with Crippen molar-refractivity contribution in [3.05, 3.63) is 29.8 Å². The second-order valence-corrected chi connectivity index (χ2v) is 4.69. The summed E-state index contributed by atoms with van der Waals surface area (Å²) in [5, 5.41) is 3.43. The first kappa shape index (κ1) is 15.0. The first-order valence-electron chi connectivity index (χ1n) is 6.67. The highest BCUT2D eigenvalue weighted by molar-refractivity contribution is 5.28. The third-order valence-electron chi connectivity index (χ3n) is 2.64. The highest BCUT2D eigenvalue weighted by atomic mass is 16.5. The van der Waals surface area contributed by atoms with Crippen molar-refractivity contribution < 1.29 is 9.47 Å². The van der Waals surface area contributed by atoms with Gasteiger partial charge in [-0.05, 0) is 30.0 Å². The van der Waals surface area contributed by atoms with E-state index in [2.05, 4.69) is 31.3 Å². The number of hydrogen-bond donors (Lipinski definition) is 1. The van der Waals surface area contributed by atoms with E-state index in [1.807, 2.05) is 12.1 Å². The SMILES string of the molecule is CCCOc1cccc(CNCC(C)COC)c1.